The normalized spacial score (nSPS) is 37.9. The molecule has 0 unspecified atom stereocenters. The monoisotopic (exact) mass is 444 g/mol. The maximum atomic E-state index is 12.1. The molecule has 1 heterocycles. The van der Waals surface area contributed by atoms with Crippen molar-refractivity contribution in [3.8, 4) is 0 Å². The molecule has 6 nitrogen and oxygen atoms in total. The van der Waals surface area contributed by atoms with E-state index in [1.54, 1.807) is 11.9 Å². The summed E-state index contributed by atoms with van der Waals surface area (Å²) in [5.74, 6) is 2.30. The number of Topliss-reactive ketones (excluding diaryl/α,β-unsaturated/α-hetero) is 1. The lowest BCUT2D eigenvalue weighted by Crippen LogP contribution is -2.51. The van der Waals surface area contributed by atoms with Crippen molar-refractivity contribution in [2.45, 2.75) is 72.1 Å². The van der Waals surface area contributed by atoms with E-state index < -0.39 is 17.1 Å². The number of H-pyrrole nitrogens is 2. The van der Waals surface area contributed by atoms with Gasteiger partial charge in [-0.25, -0.2) is 4.79 Å². The number of halogens is 1. The smallest absolute Gasteiger partial charge is 0.311 e. The van der Waals surface area contributed by atoms with Crippen molar-refractivity contribution in [1.29, 1.82) is 0 Å². The van der Waals surface area contributed by atoms with Crippen LogP contribution in [0.2, 0.25) is 0 Å². The van der Waals surface area contributed by atoms with Gasteiger partial charge in [-0.1, -0.05) is 19.4 Å². The van der Waals surface area contributed by atoms with E-state index in [1.807, 2.05) is 11.1 Å². The van der Waals surface area contributed by atoms with Gasteiger partial charge in [0.25, 0.3) is 5.56 Å². The Kier molecular flexibility index (Phi) is 5.88. The fraction of sp³-hybridized carbons (Fsp3) is 0.680. The highest BCUT2D eigenvalue weighted by atomic mass is 19.1. The van der Waals surface area contributed by atoms with Crippen molar-refractivity contribution in [3.63, 3.8) is 0 Å². The predicted octanol–water partition coefficient (Wildman–Crippen LogP) is 3.93. The third-order valence-corrected chi connectivity index (χ3v) is 9.23. The van der Waals surface area contributed by atoms with E-state index in [9.17, 15) is 23.6 Å². The van der Waals surface area contributed by atoms with Crippen LogP contribution >= 0.6 is 0 Å². The zero-order chi connectivity index (χ0) is 23.3. The van der Waals surface area contributed by atoms with Gasteiger partial charge in [-0.3, -0.25) is 19.4 Å². The zero-order valence-electron chi connectivity index (χ0n) is 19.1. The third kappa shape index (κ3) is 3.73. The molecule has 0 spiro atoms. The molecule has 174 valence electrons. The maximum absolute atomic E-state index is 12.1. The van der Waals surface area contributed by atoms with E-state index in [4.69, 9.17) is 0 Å². The summed E-state index contributed by atoms with van der Waals surface area (Å²) in [5, 5.41) is 0. The molecule has 0 amide bonds. The number of aromatic amines is 2. The SMILES string of the molecule is CC(=O)[C@H]1CC[C@H]2[C@@H]3CCC4=CC(=O)CC[C@]4(C)[C@H]3CC[C@]12C.O=c1[nH]cc(F)c(=O)[nH]1. The molecular weight excluding hydrogens is 411 g/mol. The molecule has 0 aromatic carbocycles. The van der Waals surface area contributed by atoms with Gasteiger partial charge in [0.15, 0.2) is 5.78 Å². The van der Waals surface area contributed by atoms with Crippen molar-refractivity contribution in [3.05, 3.63) is 44.5 Å². The van der Waals surface area contributed by atoms with Crippen LogP contribution in [0.4, 0.5) is 4.39 Å². The first-order chi connectivity index (χ1) is 15.1. The third-order valence-electron chi connectivity index (χ3n) is 9.23. The van der Waals surface area contributed by atoms with Gasteiger partial charge in [0.05, 0.1) is 0 Å². The first-order valence-electron chi connectivity index (χ1n) is 11.8. The molecule has 32 heavy (non-hydrogen) atoms. The number of fused-ring (bicyclic) bond motifs is 5. The van der Waals surface area contributed by atoms with E-state index in [0.717, 1.165) is 43.4 Å². The molecular formula is C25H33FN2O4. The highest BCUT2D eigenvalue weighted by Crippen LogP contribution is 2.66. The second kappa shape index (κ2) is 8.23. The van der Waals surface area contributed by atoms with Crippen molar-refractivity contribution < 1.29 is 14.0 Å². The lowest BCUT2D eigenvalue weighted by atomic mass is 9.47. The fourth-order valence-corrected chi connectivity index (χ4v) is 7.62. The van der Waals surface area contributed by atoms with Crippen LogP contribution in [0.3, 0.4) is 0 Å². The van der Waals surface area contributed by atoms with Gasteiger partial charge in [0.1, 0.15) is 5.78 Å². The number of nitrogens with one attached hydrogen (secondary N) is 2. The predicted molar refractivity (Wildman–Crippen MR) is 119 cm³/mol. The minimum atomic E-state index is -1.00. The summed E-state index contributed by atoms with van der Waals surface area (Å²) in [5.41, 5.74) is 0.238. The second-order valence-corrected chi connectivity index (χ2v) is 10.7. The van der Waals surface area contributed by atoms with Crippen molar-refractivity contribution >= 4 is 11.6 Å². The van der Waals surface area contributed by atoms with Crippen molar-refractivity contribution in [1.82, 2.24) is 9.97 Å². The molecule has 0 saturated heterocycles. The minimum Gasteiger partial charge on any atom is -0.311 e. The van der Waals surface area contributed by atoms with Crippen LogP contribution in [-0.4, -0.2) is 21.5 Å². The van der Waals surface area contributed by atoms with Crippen LogP contribution in [0.25, 0.3) is 0 Å². The van der Waals surface area contributed by atoms with E-state index in [2.05, 4.69) is 13.8 Å². The molecule has 6 atom stereocenters. The largest absolute Gasteiger partial charge is 0.325 e. The standard InChI is InChI=1S/C21H30O2.C4H3FN2O2/c1-13(22)17-6-7-18-16-5-4-14-12-15(23)8-10-20(14,2)19(16)9-11-21(17,18)3;5-2-1-6-4(9)7-3(2)8/h12,16-19H,4-11H2,1-3H3;1H,(H2,6,7,8,9)/t16-,17+,18-,19-,20-,21+;/m0./s1. The number of hydrogen-bond donors (Lipinski definition) is 2. The molecule has 0 bridgehead atoms. The maximum Gasteiger partial charge on any atom is 0.325 e. The van der Waals surface area contributed by atoms with Crippen LogP contribution in [0.1, 0.15) is 72.1 Å². The molecule has 4 aliphatic rings. The molecule has 3 fully saturated rings. The number of carbonyl (C=O) groups is 2. The average molecular weight is 445 g/mol. The topological polar surface area (TPSA) is 99.9 Å². The van der Waals surface area contributed by atoms with Crippen molar-refractivity contribution in [2.24, 2.45) is 34.5 Å². The quantitative estimate of drug-likeness (QED) is 0.686. The molecule has 1 aromatic rings. The van der Waals surface area contributed by atoms with Crippen LogP contribution in [0.15, 0.2) is 27.4 Å². The van der Waals surface area contributed by atoms with Crippen LogP contribution < -0.4 is 11.2 Å². The van der Waals surface area contributed by atoms with Crippen LogP contribution in [-0.2, 0) is 9.59 Å². The minimum absolute atomic E-state index is 0.245. The Morgan fingerprint density at radius 3 is 2.44 bits per heavy atom. The number of hydrogen-bond acceptors (Lipinski definition) is 4. The highest BCUT2D eigenvalue weighted by Gasteiger charge is 2.59. The lowest BCUT2D eigenvalue weighted by molar-refractivity contribution is -0.128. The molecule has 2 N–H and O–H groups in total. The molecule has 0 radical (unpaired) electrons. The van der Waals surface area contributed by atoms with E-state index in [0.29, 0.717) is 23.7 Å². The number of aromatic nitrogens is 2. The summed E-state index contributed by atoms with van der Waals surface area (Å²) >= 11 is 0. The Morgan fingerprint density at radius 2 is 1.78 bits per heavy atom. The molecule has 7 heteroatoms. The molecule has 3 saturated carbocycles. The Labute approximate surface area is 187 Å². The van der Waals surface area contributed by atoms with Gasteiger partial charge in [0, 0.05) is 18.5 Å². The Morgan fingerprint density at radius 1 is 1.03 bits per heavy atom. The fourth-order valence-electron chi connectivity index (χ4n) is 7.62. The van der Waals surface area contributed by atoms with E-state index >= 15 is 0 Å². The van der Waals surface area contributed by atoms with Gasteiger partial charge < -0.3 is 4.98 Å². The van der Waals surface area contributed by atoms with Crippen molar-refractivity contribution in [2.75, 3.05) is 0 Å². The van der Waals surface area contributed by atoms with Gasteiger partial charge in [-0.05, 0) is 86.5 Å². The van der Waals surface area contributed by atoms with Gasteiger partial charge >= 0.3 is 5.69 Å². The highest BCUT2D eigenvalue weighted by molar-refractivity contribution is 5.91. The molecule has 0 aliphatic heterocycles. The Balaban J connectivity index is 0.000000230. The lowest BCUT2D eigenvalue weighted by Gasteiger charge is -2.58. The van der Waals surface area contributed by atoms with Gasteiger partial charge in [-0.15, -0.1) is 0 Å². The number of allylic oxidation sites excluding steroid dienone is 1. The zero-order valence-corrected chi connectivity index (χ0v) is 19.1. The molecule has 4 aliphatic carbocycles. The van der Waals surface area contributed by atoms with E-state index in [-0.39, 0.29) is 10.8 Å². The van der Waals surface area contributed by atoms with Gasteiger partial charge in [0.2, 0.25) is 5.82 Å². The summed E-state index contributed by atoms with van der Waals surface area (Å²) in [4.78, 5) is 48.0. The van der Waals surface area contributed by atoms with E-state index in [1.165, 1.54) is 31.3 Å². The van der Waals surface area contributed by atoms with Gasteiger partial charge in [-0.2, -0.15) is 4.39 Å². The Bertz CT molecular complexity index is 1070. The number of carbonyl (C=O) groups excluding carboxylic acids is 2. The summed E-state index contributed by atoms with van der Waals surface area (Å²) < 4.78 is 12.0. The summed E-state index contributed by atoms with van der Waals surface area (Å²) in [6.45, 7) is 6.65. The summed E-state index contributed by atoms with van der Waals surface area (Å²) in [6.07, 6.45) is 11.7. The summed E-state index contributed by atoms with van der Waals surface area (Å²) in [7, 11) is 0. The first kappa shape index (κ1) is 22.9. The van der Waals surface area contributed by atoms with Crippen LogP contribution in [0, 0.1) is 40.3 Å². The first-order valence-corrected chi connectivity index (χ1v) is 11.8. The molecule has 5 rings (SSSR count). The van der Waals surface area contributed by atoms with Crippen LogP contribution in [0.5, 0.6) is 0 Å². The Hall–Kier alpha value is -2.31. The second-order valence-electron chi connectivity index (χ2n) is 10.7. The number of ketones is 2. The average Bonchev–Trinajstić information content (AvgIpc) is 3.09. The summed E-state index contributed by atoms with van der Waals surface area (Å²) in [6, 6.07) is 0. The number of rotatable bonds is 1. The molecule has 1 aromatic heterocycles.